The highest BCUT2D eigenvalue weighted by molar-refractivity contribution is 6.30. The van der Waals surface area contributed by atoms with Crippen molar-refractivity contribution >= 4 is 40.8 Å². The fourth-order valence-corrected chi connectivity index (χ4v) is 4.84. The van der Waals surface area contributed by atoms with E-state index in [1.165, 1.54) is 36.2 Å². The van der Waals surface area contributed by atoms with E-state index >= 15 is 0 Å². The second kappa shape index (κ2) is 11.8. The number of fused-ring (bicyclic) bond motifs is 4. The van der Waals surface area contributed by atoms with Gasteiger partial charge in [0.05, 0.1) is 30.1 Å². The summed E-state index contributed by atoms with van der Waals surface area (Å²) in [5, 5.41) is 17.0. The van der Waals surface area contributed by atoms with Crippen LogP contribution >= 0.6 is 11.6 Å². The summed E-state index contributed by atoms with van der Waals surface area (Å²) in [5.74, 6) is -0.769. The quantitative estimate of drug-likeness (QED) is 0.250. The number of anilines is 3. The Labute approximate surface area is 239 Å². The van der Waals surface area contributed by atoms with Crippen LogP contribution in [0.1, 0.15) is 37.9 Å². The summed E-state index contributed by atoms with van der Waals surface area (Å²) in [7, 11) is 1.25. The molecule has 2 amide bonds. The van der Waals surface area contributed by atoms with Crippen LogP contribution in [0.3, 0.4) is 0 Å². The maximum Gasteiger partial charge on any atom is 0.411 e. The molecule has 0 aliphatic carbocycles. The third-order valence-electron chi connectivity index (χ3n) is 6.83. The highest BCUT2D eigenvalue weighted by atomic mass is 35.5. The molecule has 0 saturated heterocycles. The van der Waals surface area contributed by atoms with E-state index in [4.69, 9.17) is 11.6 Å². The topological polar surface area (TPSA) is 143 Å². The van der Waals surface area contributed by atoms with Crippen LogP contribution in [0.4, 0.5) is 26.4 Å². The summed E-state index contributed by atoms with van der Waals surface area (Å²) in [4.78, 5) is 40.6. The van der Waals surface area contributed by atoms with Crippen molar-refractivity contribution in [3.63, 3.8) is 0 Å². The molecule has 3 heterocycles. The van der Waals surface area contributed by atoms with Crippen molar-refractivity contribution < 1.29 is 18.7 Å². The van der Waals surface area contributed by atoms with Gasteiger partial charge in [-0.2, -0.15) is 0 Å². The van der Waals surface area contributed by atoms with Crippen molar-refractivity contribution in [3.8, 4) is 16.8 Å². The van der Waals surface area contributed by atoms with Gasteiger partial charge in [0.15, 0.2) is 11.6 Å². The second-order valence-corrected chi connectivity index (χ2v) is 10.1. The average molecular weight is 580 g/mol. The maximum atomic E-state index is 14.6. The first-order valence-electron chi connectivity index (χ1n) is 12.9. The lowest BCUT2D eigenvalue weighted by atomic mass is 9.95. The van der Waals surface area contributed by atoms with Crippen LogP contribution in [0.2, 0.25) is 5.02 Å². The van der Waals surface area contributed by atoms with Gasteiger partial charge in [-0.05, 0) is 48.7 Å². The van der Waals surface area contributed by atoms with Gasteiger partial charge in [0.2, 0.25) is 11.5 Å². The molecule has 0 spiro atoms. The van der Waals surface area contributed by atoms with E-state index < -0.39 is 18.0 Å². The number of methoxy groups -OCH3 is 1. The minimum atomic E-state index is -0.653. The van der Waals surface area contributed by atoms with E-state index in [1.54, 1.807) is 24.3 Å². The van der Waals surface area contributed by atoms with Crippen molar-refractivity contribution in [1.82, 2.24) is 20.0 Å². The first-order valence-corrected chi connectivity index (χ1v) is 13.3. The van der Waals surface area contributed by atoms with E-state index in [-0.39, 0.29) is 28.1 Å². The number of carbonyl (C=O) groups is 2. The van der Waals surface area contributed by atoms with Crippen LogP contribution in [-0.2, 0) is 9.53 Å². The number of H-pyrrole nitrogens is 1. The van der Waals surface area contributed by atoms with Crippen molar-refractivity contribution in [1.29, 1.82) is 0 Å². The van der Waals surface area contributed by atoms with Gasteiger partial charge < -0.3 is 20.4 Å². The number of carbonyl (C=O) groups excluding carboxylic acids is 2. The third-order valence-corrected chi connectivity index (χ3v) is 7.12. The van der Waals surface area contributed by atoms with Gasteiger partial charge in [0, 0.05) is 28.9 Å². The van der Waals surface area contributed by atoms with E-state index in [2.05, 4.69) is 36.0 Å². The number of benzene rings is 2. The van der Waals surface area contributed by atoms with Crippen LogP contribution in [0.25, 0.3) is 16.8 Å². The molecule has 2 bridgehead atoms. The zero-order valence-corrected chi connectivity index (χ0v) is 23.0. The zero-order valence-electron chi connectivity index (χ0n) is 22.2. The molecular weight excluding hydrogens is 553 g/mol. The Hall–Kier alpha value is -4.71. The summed E-state index contributed by atoms with van der Waals surface area (Å²) in [6.07, 6.45) is 2.66. The number of aromatic nitrogens is 4. The number of aromatic amines is 1. The van der Waals surface area contributed by atoms with Gasteiger partial charge in [-0.3, -0.25) is 14.9 Å². The van der Waals surface area contributed by atoms with Gasteiger partial charge >= 0.3 is 6.09 Å². The Bertz CT molecular complexity index is 1670. The molecule has 1 unspecified atom stereocenters. The molecule has 2 atom stereocenters. The highest BCUT2D eigenvalue weighted by Crippen LogP contribution is 2.34. The number of amides is 2. The second-order valence-electron chi connectivity index (χ2n) is 9.70. The van der Waals surface area contributed by atoms with Gasteiger partial charge in [0.1, 0.15) is 5.69 Å². The minimum absolute atomic E-state index is 0.0344. The molecule has 11 nitrogen and oxygen atoms in total. The number of pyridine rings is 1. The summed E-state index contributed by atoms with van der Waals surface area (Å²) in [6, 6.07) is 12.4. The standard InChI is InChI=1S/C28H27ClFN7O4/c1-15-5-3-7-20(32-24-14-37(36-35-24)23-8-4-6-19(29)26(23)30)22-11-16(12-25(38)33-22)18-10-9-17(31-28(40)41-2)13-21(18)34-27(15)39/h4,6,8-15,20,32H,3,5,7H2,1-2H3,(H,31,40)(H,33,38)(H,34,39)/t15?,20-/m0/s1. The number of ether oxygens (including phenoxy) is 1. The summed E-state index contributed by atoms with van der Waals surface area (Å²) in [5.41, 5.74) is 2.41. The Morgan fingerprint density at radius 3 is 2.80 bits per heavy atom. The molecule has 5 rings (SSSR count). The minimum Gasteiger partial charge on any atom is -0.453 e. The lowest BCUT2D eigenvalue weighted by Gasteiger charge is -2.22. The lowest BCUT2D eigenvalue weighted by Crippen LogP contribution is -2.23. The summed E-state index contributed by atoms with van der Waals surface area (Å²) >= 11 is 5.92. The molecule has 13 heteroatoms. The lowest BCUT2D eigenvalue weighted by molar-refractivity contribution is -0.119. The monoisotopic (exact) mass is 579 g/mol. The van der Waals surface area contributed by atoms with Gasteiger partial charge in [0.25, 0.3) is 0 Å². The molecule has 2 aromatic carbocycles. The maximum absolute atomic E-state index is 14.6. The molecule has 212 valence electrons. The van der Waals surface area contributed by atoms with Crippen molar-refractivity contribution in [2.45, 2.75) is 32.2 Å². The van der Waals surface area contributed by atoms with Gasteiger partial charge in [-0.25, -0.2) is 13.9 Å². The summed E-state index contributed by atoms with van der Waals surface area (Å²) in [6.45, 7) is 1.84. The Morgan fingerprint density at radius 2 is 2.00 bits per heavy atom. The van der Waals surface area contributed by atoms with Crippen LogP contribution in [0, 0.1) is 11.7 Å². The molecule has 0 fully saturated rings. The van der Waals surface area contributed by atoms with Crippen LogP contribution < -0.4 is 21.5 Å². The molecule has 41 heavy (non-hydrogen) atoms. The van der Waals surface area contributed by atoms with E-state index in [9.17, 15) is 18.8 Å². The van der Waals surface area contributed by atoms with Crippen molar-refractivity contribution in [2.75, 3.05) is 23.1 Å². The number of halogens is 2. The Balaban J connectivity index is 1.53. The molecule has 0 saturated carbocycles. The highest BCUT2D eigenvalue weighted by Gasteiger charge is 2.22. The van der Waals surface area contributed by atoms with Crippen molar-refractivity contribution in [3.05, 3.63) is 81.6 Å². The molecule has 2 aromatic heterocycles. The van der Waals surface area contributed by atoms with Crippen LogP contribution in [-0.4, -0.2) is 39.1 Å². The fraction of sp³-hybridized carbons (Fsp3) is 0.250. The largest absolute Gasteiger partial charge is 0.453 e. The number of nitrogens with zero attached hydrogens (tertiary/aromatic N) is 3. The first kappa shape index (κ1) is 27.8. The normalized spacial score (nSPS) is 16.9. The Kier molecular flexibility index (Phi) is 8.02. The molecule has 1 aliphatic heterocycles. The number of hydrogen-bond acceptors (Lipinski definition) is 7. The van der Waals surface area contributed by atoms with Crippen LogP contribution in [0.15, 0.2) is 59.5 Å². The van der Waals surface area contributed by atoms with E-state index in [0.29, 0.717) is 53.3 Å². The van der Waals surface area contributed by atoms with E-state index in [0.717, 1.165) is 0 Å². The molecule has 4 aromatic rings. The van der Waals surface area contributed by atoms with Crippen LogP contribution in [0.5, 0.6) is 0 Å². The predicted octanol–water partition coefficient (Wildman–Crippen LogP) is 5.51. The molecular formula is C28H27ClFN7O4. The van der Waals surface area contributed by atoms with Gasteiger partial charge in [-0.15, -0.1) is 5.10 Å². The number of hydrogen-bond donors (Lipinski definition) is 4. The Morgan fingerprint density at radius 1 is 1.17 bits per heavy atom. The molecule has 0 radical (unpaired) electrons. The number of rotatable bonds is 4. The van der Waals surface area contributed by atoms with Crippen molar-refractivity contribution in [2.24, 2.45) is 5.92 Å². The smallest absolute Gasteiger partial charge is 0.411 e. The average Bonchev–Trinajstić information content (AvgIpc) is 3.41. The molecule has 4 N–H and O–H groups in total. The zero-order chi connectivity index (χ0) is 29.1. The van der Waals surface area contributed by atoms with E-state index in [1.807, 2.05) is 13.0 Å². The third kappa shape index (κ3) is 6.22. The first-order chi connectivity index (χ1) is 19.7. The van der Waals surface area contributed by atoms with Gasteiger partial charge in [-0.1, -0.05) is 42.3 Å². The predicted molar refractivity (Wildman–Crippen MR) is 153 cm³/mol. The fourth-order valence-electron chi connectivity index (χ4n) is 4.67. The SMILES string of the molecule is COC(=O)Nc1ccc2c(c1)NC(=O)C(C)CCC[C@H](Nc1cn(-c3cccc(Cl)c3F)nn1)c1cc-2cc(=O)[nH]1. The number of nitrogens with one attached hydrogen (secondary N) is 4. The summed E-state index contributed by atoms with van der Waals surface area (Å²) < 4.78 is 20.5. The molecule has 1 aliphatic rings.